The quantitative estimate of drug-likeness (QED) is 0.696. The second-order valence-corrected chi connectivity index (χ2v) is 3.56. The molecule has 10 heavy (non-hydrogen) atoms. The molecule has 0 spiro atoms. The molecule has 60 valence electrons. The first-order valence-corrected chi connectivity index (χ1v) is 4.20. The van der Waals surface area contributed by atoms with Crippen LogP contribution in [0.25, 0.3) is 0 Å². The van der Waals surface area contributed by atoms with Gasteiger partial charge in [-0.25, -0.2) is 8.78 Å². The van der Waals surface area contributed by atoms with Crippen molar-refractivity contribution in [1.82, 2.24) is 0 Å². The molecule has 0 unspecified atom stereocenters. The van der Waals surface area contributed by atoms with Crippen LogP contribution in [0.5, 0.6) is 0 Å². The zero-order valence-corrected chi connectivity index (χ0v) is 7.00. The van der Waals surface area contributed by atoms with Crippen LogP contribution in [-0.2, 0) is 0 Å². The summed E-state index contributed by atoms with van der Waals surface area (Å²) < 4.78 is 24.6. The van der Waals surface area contributed by atoms with Crippen LogP contribution in [0.3, 0.4) is 0 Å². The van der Waals surface area contributed by atoms with E-state index in [1.807, 2.05) is 0 Å². The first kappa shape index (κ1) is 8.40. The van der Waals surface area contributed by atoms with E-state index < -0.39 is 11.3 Å². The molecule has 1 aliphatic rings. The van der Waals surface area contributed by atoms with Crippen molar-refractivity contribution in [3.05, 3.63) is 0 Å². The Morgan fingerprint density at radius 2 is 1.90 bits per heavy atom. The Kier molecular flexibility index (Phi) is 2.02. The van der Waals surface area contributed by atoms with Crippen molar-refractivity contribution < 1.29 is 13.9 Å². The Hall–Kier alpha value is 0.300. The Balaban J connectivity index is 2.46. The molecule has 0 radical (unpaired) electrons. The third-order valence-electron chi connectivity index (χ3n) is 1.89. The van der Waals surface area contributed by atoms with Gasteiger partial charge in [0, 0.05) is 30.2 Å². The molecular weight excluding hydrogens is 206 g/mol. The van der Waals surface area contributed by atoms with Crippen LogP contribution in [0.1, 0.15) is 12.8 Å². The Bertz CT molecular complexity index is 124. The first-order valence-electron chi connectivity index (χ1n) is 3.08. The zero-order valence-electron chi connectivity index (χ0n) is 5.41. The molecule has 0 amide bonds. The van der Waals surface area contributed by atoms with Crippen molar-refractivity contribution >= 4 is 15.9 Å². The molecule has 0 aliphatic heterocycles. The van der Waals surface area contributed by atoms with E-state index in [1.165, 1.54) is 0 Å². The van der Waals surface area contributed by atoms with E-state index in [4.69, 9.17) is 5.11 Å². The van der Waals surface area contributed by atoms with Gasteiger partial charge in [0.25, 0.3) is 0 Å². The van der Waals surface area contributed by atoms with Gasteiger partial charge in [0.05, 0.1) is 0 Å². The van der Waals surface area contributed by atoms with Crippen LogP contribution in [0, 0.1) is 5.41 Å². The lowest BCUT2D eigenvalue weighted by molar-refractivity contribution is -0.165. The number of hydrogen-bond acceptors (Lipinski definition) is 1. The lowest BCUT2D eigenvalue weighted by Gasteiger charge is -2.45. The molecular formula is C6H9BrF2O. The smallest absolute Gasteiger partial charge is 0.249 e. The van der Waals surface area contributed by atoms with E-state index in [9.17, 15) is 8.78 Å². The molecule has 0 saturated heterocycles. The molecule has 4 heteroatoms. The highest BCUT2D eigenvalue weighted by molar-refractivity contribution is 9.09. The van der Waals surface area contributed by atoms with Gasteiger partial charge in [0.15, 0.2) is 0 Å². The van der Waals surface area contributed by atoms with E-state index in [0.717, 1.165) is 0 Å². The van der Waals surface area contributed by atoms with Crippen LogP contribution >= 0.6 is 15.9 Å². The maximum absolute atomic E-state index is 12.3. The molecule has 1 rings (SSSR count). The van der Waals surface area contributed by atoms with Crippen LogP contribution in [-0.4, -0.2) is 23.0 Å². The lowest BCUT2D eigenvalue weighted by Crippen LogP contribution is -2.49. The molecule has 0 aromatic rings. The van der Waals surface area contributed by atoms with Crippen molar-refractivity contribution in [2.75, 3.05) is 11.9 Å². The number of halogens is 3. The summed E-state index contributed by atoms with van der Waals surface area (Å²) >= 11 is 3.10. The highest BCUT2D eigenvalue weighted by Gasteiger charge is 2.55. The lowest BCUT2D eigenvalue weighted by atomic mass is 9.68. The van der Waals surface area contributed by atoms with Gasteiger partial charge in [-0.3, -0.25) is 0 Å². The van der Waals surface area contributed by atoms with Gasteiger partial charge in [-0.05, 0) is 0 Å². The minimum Gasteiger partial charge on any atom is -0.396 e. The second-order valence-electron chi connectivity index (χ2n) is 3.00. The molecule has 1 saturated carbocycles. The Labute approximate surface area is 66.6 Å². The Morgan fingerprint density at radius 3 is 2.00 bits per heavy atom. The average molecular weight is 215 g/mol. The fourth-order valence-corrected chi connectivity index (χ4v) is 1.87. The fourth-order valence-electron chi connectivity index (χ4n) is 1.29. The second kappa shape index (κ2) is 2.41. The van der Waals surface area contributed by atoms with Crippen LogP contribution in [0.2, 0.25) is 0 Å². The standard InChI is InChI=1S/C6H9BrF2O/c7-3-5(4-10)1-6(8,9)2-5/h10H,1-4H2. The Morgan fingerprint density at radius 1 is 1.40 bits per heavy atom. The summed E-state index contributed by atoms with van der Waals surface area (Å²) in [6.07, 6.45) is -0.358. The predicted octanol–water partition coefficient (Wildman–Crippen LogP) is 1.79. The largest absolute Gasteiger partial charge is 0.396 e. The summed E-state index contributed by atoms with van der Waals surface area (Å²) in [4.78, 5) is 0. The number of rotatable bonds is 2. The summed E-state index contributed by atoms with van der Waals surface area (Å²) in [6.45, 7) is -0.145. The van der Waals surface area contributed by atoms with E-state index >= 15 is 0 Å². The molecule has 0 aromatic carbocycles. The predicted molar refractivity (Wildman–Crippen MR) is 37.5 cm³/mol. The van der Waals surface area contributed by atoms with Gasteiger partial charge in [-0.2, -0.15) is 0 Å². The van der Waals surface area contributed by atoms with Gasteiger partial charge in [0.1, 0.15) is 0 Å². The minimum atomic E-state index is -2.53. The van der Waals surface area contributed by atoms with Gasteiger partial charge in [-0.15, -0.1) is 0 Å². The third-order valence-corrected chi connectivity index (χ3v) is 3.08. The molecule has 1 aliphatic carbocycles. The molecule has 0 heterocycles. The van der Waals surface area contributed by atoms with Crippen molar-refractivity contribution in [2.24, 2.45) is 5.41 Å². The summed E-state index contributed by atoms with van der Waals surface area (Å²) in [5, 5.41) is 9.17. The zero-order chi connectivity index (χ0) is 7.83. The topological polar surface area (TPSA) is 20.2 Å². The highest BCUT2D eigenvalue weighted by Crippen LogP contribution is 2.52. The third kappa shape index (κ3) is 1.32. The van der Waals surface area contributed by atoms with Gasteiger partial charge >= 0.3 is 0 Å². The summed E-state index contributed by atoms with van der Waals surface area (Å²) in [6, 6.07) is 0. The first-order chi connectivity index (χ1) is 4.54. The SMILES string of the molecule is OCC1(CBr)CC(F)(F)C1. The van der Waals surface area contributed by atoms with Crippen molar-refractivity contribution in [1.29, 1.82) is 0 Å². The molecule has 0 bridgehead atoms. The number of hydrogen-bond donors (Lipinski definition) is 1. The fraction of sp³-hybridized carbons (Fsp3) is 1.00. The number of aliphatic hydroxyl groups is 1. The molecule has 1 nitrogen and oxygen atoms in total. The van der Waals surface area contributed by atoms with Crippen LogP contribution in [0.15, 0.2) is 0 Å². The molecule has 1 fully saturated rings. The monoisotopic (exact) mass is 214 g/mol. The molecule has 0 aromatic heterocycles. The van der Waals surface area contributed by atoms with Crippen molar-refractivity contribution in [2.45, 2.75) is 18.8 Å². The maximum Gasteiger partial charge on any atom is 0.249 e. The normalized spacial score (nSPS) is 27.6. The average Bonchev–Trinajstić information content (AvgIpc) is 1.82. The summed E-state index contributed by atoms with van der Waals surface area (Å²) in [7, 11) is 0. The van der Waals surface area contributed by atoms with E-state index in [1.54, 1.807) is 0 Å². The van der Waals surface area contributed by atoms with Gasteiger partial charge in [-0.1, -0.05) is 15.9 Å². The van der Waals surface area contributed by atoms with Crippen LogP contribution in [0.4, 0.5) is 8.78 Å². The van der Waals surface area contributed by atoms with Crippen molar-refractivity contribution in [3.8, 4) is 0 Å². The molecule has 1 N–H and O–H groups in total. The number of alkyl halides is 3. The van der Waals surface area contributed by atoms with E-state index in [-0.39, 0.29) is 19.4 Å². The maximum atomic E-state index is 12.3. The van der Waals surface area contributed by atoms with E-state index in [0.29, 0.717) is 5.33 Å². The summed E-state index contributed by atoms with van der Waals surface area (Å²) in [5.41, 5.74) is -0.538. The molecule has 0 atom stereocenters. The van der Waals surface area contributed by atoms with Crippen LogP contribution < -0.4 is 0 Å². The highest BCUT2D eigenvalue weighted by atomic mass is 79.9. The van der Waals surface area contributed by atoms with E-state index in [2.05, 4.69) is 15.9 Å². The van der Waals surface area contributed by atoms with Gasteiger partial charge < -0.3 is 5.11 Å². The van der Waals surface area contributed by atoms with Gasteiger partial charge in [0.2, 0.25) is 5.92 Å². The summed E-state index contributed by atoms with van der Waals surface area (Å²) in [5.74, 6) is -2.53. The minimum absolute atomic E-state index is 0.145. The van der Waals surface area contributed by atoms with Crippen molar-refractivity contribution in [3.63, 3.8) is 0 Å². The number of aliphatic hydroxyl groups excluding tert-OH is 1.